The van der Waals surface area contributed by atoms with Crippen LogP contribution in [0.4, 0.5) is 5.69 Å². The van der Waals surface area contributed by atoms with Gasteiger partial charge < -0.3 is 5.32 Å². The third-order valence-electron chi connectivity index (χ3n) is 4.97. The summed E-state index contributed by atoms with van der Waals surface area (Å²) in [5.41, 5.74) is 6.51. The Morgan fingerprint density at radius 3 is 2.52 bits per heavy atom. The van der Waals surface area contributed by atoms with Crippen LogP contribution in [0.5, 0.6) is 0 Å². The van der Waals surface area contributed by atoms with E-state index in [0.717, 1.165) is 17.1 Å². The van der Waals surface area contributed by atoms with E-state index in [9.17, 15) is 0 Å². The molecule has 1 aliphatic carbocycles. The van der Waals surface area contributed by atoms with Crippen molar-refractivity contribution in [1.29, 1.82) is 0 Å². The van der Waals surface area contributed by atoms with E-state index in [1.807, 2.05) is 6.92 Å². The number of benzene rings is 2. The first-order chi connectivity index (χ1) is 11.1. The van der Waals surface area contributed by atoms with Crippen LogP contribution in [0.1, 0.15) is 60.3 Å². The summed E-state index contributed by atoms with van der Waals surface area (Å²) in [7, 11) is 0. The van der Waals surface area contributed by atoms with Crippen LogP contribution in [0.3, 0.4) is 0 Å². The fourth-order valence-corrected chi connectivity index (χ4v) is 3.74. The molecule has 0 aromatic heterocycles. The Balaban J connectivity index is 1.77. The van der Waals surface area contributed by atoms with Crippen LogP contribution in [0.25, 0.3) is 0 Å². The lowest BCUT2D eigenvalue weighted by atomic mass is 9.83. The van der Waals surface area contributed by atoms with Gasteiger partial charge in [0.05, 0.1) is 0 Å². The molecule has 0 heterocycles. The maximum absolute atomic E-state index is 6.24. The first-order valence-electron chi connectivity index (χ1n) is 8.73. The Bertz CT molecular complexity index is 672. The fraction of sp³-hybridized carbons (Fsp3) is 0.429. The van der Waals surface area contributed by atoms with Crippen molar-refractivity contribution < 1.29 is 0 Å². The summed E-state index contributed by atoms with van der Waals surface area (Å²) in [6.07, 6.45) is 6.78. The largest absolute Gasteiger partial charge is 0.381 e. The van der Waals surface area contributed by atoms with Crippen LogP contribution in [-0.4, -0.2) is 0 Å². The molecule has 1 N–H and O–H groups in total. The molecule has 122 valence electrons. The molecule has 1 saturated carbocycles. The number of rotatable bonds is 4. The fourth-order valence-electron chi connectivity index (χ4n) is 3.54. The molecule has 0 saturated heterocycles. The van der Waals surface area contributed by atoms with Gasteiger partial charge in [0, 0.05) is 17.3 Å². The topological polar surface area (TPSA) is 12.0 Å². The van der Waals surface area contributed by atoms with Crippen LogP contribution in [0.15, 0.2) is 36.4 Å². The maximum atomic E-state index is 6.24. The third-order valence-corrected chi connectivity index (χ3v) is 5.38. The van der Waals surface area contributed by atoms with Gasteiger partial charge in [0.2, 0.25) is 0 Å². The molecular formula is C21H26ClN. The molecule has 2 heteroatoms. The van der Waals surface area contributed by atoms with Gasteiger partial charge in [0.1, 0.15) is 0 Å². The van der Waals surface area contributed by atoms with Crippen molar-refractivity contribution in [2.24, 2.45) is 0 Å². The van der Waals surface area contributed by atoms with Gasteiger partial charge in [-0.3, -0.25) is 0 Å². The lowest BCUT2D eigenvalue weighted by Gasteiger charge is -2.25. The van der Waals surface area contributed by atoms with Crippen LogP contribution in [0, 0.1) is 13.8 Å². The molecule has 2 aromatic rings. The van der Waals surface area contributed by atoms with E-state index in [0.29, 0.717) is 5.92 Å². The number of halogens is 1. The molecule has 0 unspecified atom stereocenters. The molecular weight excluding hydrogens is 302 g/mol. The quantitative estimate of drug-likeness (QED) is 0.665. The predicted octanol–water partition coefficient (Wildman–Crippen LogP) is 6.62. The zero-order valence-electron chi connectivity index (χ0n) is 14.2. The van der Waals surface area contributed by atoms with Gasteiger partial charge in [-0.15, -0.1) is 0 Å². The van der Waals surface area contributed by atoms with Crippen molar-refractivity contribution >= 4 is 17.3 Å². The highest BCUT2D eigenvalue weighted by Gasteiger charge is 2.18. The Labute approximate surface area is 145 Å². The number of hydrogen-bond donors (Lipinski definition) is 1. The second kappa shape index (κ2) is 7.40. The molecule has 0 atom stereocenters. The Morgan fingerprint density at radius 2 is 1.78 bits per heavy atom. The van der Waals surface area contributed by atoms with E-state index >= 15 is 0 Å². The van der Waals surface area contributed by atoms with Crippen molar-refractivity contribution in [1.82, 2.24) is 0 Å². The number of hydrogen-bond acceptors (Lipinski definition) is 1. The summed E-state index contributed by atoms with van der Waals surface area (Å²) in [6.45, 7) is 5.05. The predicted molar refractivity (Wildman–Crippen MR) is 101 cm³/mol. The summed E-state index contributed by atoms with van der Waals surface area (Å²) in [6, 6.07) is 13.1. The van der Waals surface area contributed by atoms with Crippen LogP contribution < -0.4 is 5.32 Å². The first-order valence-corrected chi connectivity index (χ1v) is 9.11. The summed E-state index contributed by atoms with van der Waals surface area (Å²) < 4.78 is 0. The van der Waals surface area contributed by atoms with Gasteiger partial charge in [-0.2, -0.15) is 0 Å². The van der Waals surface area contributed by atoms with Crippen molar-refractivity contribution in [2.45, 2.75) is 58.4 Å². The second-order valence-electron chi connectivity index (χ2n) is 6.86. The normalized spacial score (nSPS) is 15.6. The monoisotopic (exact) mass is 327 g/mol. The Kier molecular flexibility index (Phi) is 5.27. The average Bonchev–Trinajstić information content (AvgIpc) is 2.57. The molecule has 1 fully saturated rings. The minimum absolute atomic E-state index is 0.716. The molecule has 2 aromatic carbocycles. The maximum Gasteiger partial charge on any atom is 0.0438 e. The summed E-state index contributed by atoms with van der Waals surface area (Å²) in [4.78, 5) is 0. The Morgan fingerprint density at radius 1 is 1.00 bits per heavy atom. The average molecular weight is 328 g/mol. The van der Waals surface area contributed by atoms with E-state index in [-0.39, 0.29) is 0 Å². The summed E-state index contributed by atoms with van der Waals surface area (Å²) in [5, 5.41) is 4.49. The third kappa shape index (κ3) is 4.09. The van der Waals surface area contributed by atoms with Crippen LogP contribution >= 0.6 is 11.6 Å². The molecule has 0 aliphatic heterocycles. The lowest BCUT2D eigenvalue weighted by molar-refractivity contribution is 0.444. The molecule has 0 radical (unpaired) electrons. The van der Waals surface area contributed by atoms with Crippen LogP contribution in [0.2, 0.25) is 5.02 Å². The minimum atomic E-state index is 0.716. The zero-order valence-corrected chi connectivity index (χ0v) is 14.9. The van der Waals surface area contributed by atoms with Crippen molar-refractivity contribution in [2.75, 3.05) is 5.32 Å². The second-order valence-corrected chi connectivity index (χ2v) is 7.27. The van der Waals surface area contributed by atoms with E-state index < -0.39 is 0 Å². The molecule has 3 rings (SSSR count). The van der Waals surface area contributed by atoms with E-state index in [4.69, 9.17) is 11.6 Å². The van der Waals surface area contributed by atoms with Crippen molar-refractivity contribution in [3.63, 3.8) is 0 Å². The highest BCUT2D eigenvalue weighted by Crippen LogP contribution is 2.37. The molecule has 0 spiro atoms. The summed E-state index contributed by atoms with van der Waals surface area (Å²) >= 11 is 6.24. The standard InChI is InChI=1S/C21H26ClN/c1-15-8-11-21(19(12-15)18-6-4-3-5-7-18)23-14-17-10-9-16(2)20(22)13-17/h8-13,18,23H,3-7,14H2,1-2H3. The molecule has 23 heavy (non-hydrogen) atoms. The van der Waals surface area contributed by atoms with Gasteiger partial charge >= 0.3 is 0 Å². The van der Waals surface area contributed by atoms with E-state index in [2.05, 4.69) is 48.6 Å². The van der Waals surface area contributed by atoms with Gasteiger partial charge in [-0.1, -0.05) is 60.7 Å². The van der Waals surface area contributed by atoms with Gasteiger partial charge in [-0.25, -0.2) is 0 Å². The zero-order chi connectivity index (χ0) is 16.2. The first kappa shape index (κ1) is 16.4. The van der Waals surface area contributed by atoms with Crippen molar-refractivity contribution in [3.05, 3.63) is 63.7 Å². The van der Waals surface area contributed by atoms with E-state index in [1.165, 1.54) is 54.5 Å². The lowest BCUT2D eigenvalue weighted by Crippen LogP contribution is -2.09. The minimum Gasteiger partial charge on any atom is -0.381 e. The Hall–Kier alpha value is -1.47. The smallest absolute Gasteiger partial charge is 0.0438 e. The van der Waals surface area contributed by atoms with Crippen molar-refractivity contribution in [3.8, 4) is 0 Å². The summed E-state index contributed by atoms with van der Waals surface area (Å²) in [5.74, 6) is 0.716. The SMILES string of the molecule is Cc1ccc(NCc2ccc(C)c(Cl)c2)c(C2CCCCC2)c1. The van der Waals surface area contributed by atoms with Crippen LogP contribution in [-0.2, 0) is 6.54 Å². The highest BCUT2D eigenvalue weighted by molar-refractivity contribution is 6.31. The molecule has 1 aliphatic rings. The molecule has 1 nitrogen and oxygen atoms in total. The van der Waals surface area contributed by atoms with Gasteiger partial charge in [-0.05, 0) is 61.4 Å². The number of nitrogens with one attached hydrogen (secondary N) is 1. The number of anilines is 1. The van der Waals surface area contributed by atoms with E-state index in [1.54, 1.807) is 0 Å². The highest BCUT2D eigenvalue weighted by atomic mass is 35.5. The van der Waals surface area contributed by atoms with Gasteiger partial charge in [0.15, 0.2) is 0 Å². The molecule has 0 bridgehead atoms. The number of aryl methyl sites for hydroxylation is 2. The van der Waals surface area contributed by atoms with Gasteiger partial charge in [0.25, 0.3) is 0 Å². The molecule has 0 amide bonds.